The first-order chi connectivity index (χ1) is 11.8. The van der Waals surface area contributed by atoms with Gasteiger partial charge in [0.25, 0.3) is 0 Å². The molecule has 0 heterocycles. The van der Waals surface area contributed by atoms with Gasteiger partial charge in [-0.3, -0.25) is 4.79 Å². The van der Waals surface area contributed by atoms with Crippen LogP contribution in [-0.2, 0) is 4.79 Å². The van der Waals surface area contributed by atoms with E-state index in [1.165, 1.54) is 57.8 Å². The molecular formula is C21H33NO2. The van der Waals surface area contributed by atoms with E-state index in [-0.39, 0.29) is 5.91 Å². The van der Waals surface area contributed by atoms with E-state index in [2.05, 4.69) is 5.32 Å². The van der Waals surface area contributed by atoms with Gasteiger partial charge in [0.2, 0.25) is 5.91 Å². The third-order valence-corrected chi connectivity index (χ3v) is 4.81. The second kappa shape index (κ2) is 11.9. The Morgan fingerprint density at radius 2 is 1.42 bits per heavy atom. The summed E-state index contributed by atoms with van der Waals surface area (Å²) in [4.78, 5) is 12.2. The van der Waals surface area contributed by atoms with Gasteiger partial charge in [-0.2, -0.15) is 0 Å². The minimum atomic E-state index is 0.128. The van der Waals surface area contributed by atoms with Gasteiger partial charge in [0, 0.05) is 6.04 Å². The number of para-hydroxylation sites is 1. The summed E-state index contributed by atoms with van der Waals surface area (Å²) in [5, 5.41) is 3.24. The van der Waals surface area contributed by atoms with Crippen molar-refractivity contribution in [2.24, 2.45) is 0 Å². The highest BCUT2D eigenvalue weighted by Crippen LogP contribution is 2.17. The maximum absolute atomic E-state index is 12.2. The van der Waals surface area contributed by atoms with Gasteiger partial charge in [0.15, 0.2) is 0 Å². The summed E-state index contributed by atoms with van der Waals surface area (Å²) in [7, 11) is 0. The number of nitrogens with one attached hydrogen (secondary N) is 1. The lowest BCUT2D eigenvalue weighted by atomic mass is 9.98. The Bertz CT molecular complexity index is 434. The predicted molar refractivity (Wildman–Crippen MR) is 99.3 cm³/mol. The summed E-state index contributed by atoms with van der Waals surface area (Å²) in [6, 6.07) is 10.0. The molecule has 24 heavy (non-hydrogen) atoms. The highest BCUT2D eigenvalue weighted by atomic mass is 16.5. The zero-order valence-electron chi connectivity index (χ0n) is 15.0. The van der Waals surface area contributed by atoms with Crippen LogP contribution in [-0.4, -0.2) is 18.6 Å². The molecule has 2 rings (SSSR count). The molecule has 1 amide bonds. The summed E-state index contributed by atoms with van der Waals surface area (Å²) in [6.45, 7) is 0.447. The summed E-state index contributed by atoms with van der Waals surface area (Å²) in [5.41, 5.74) is 0. The van der Waals surface area contributed by atoms with Crippen LogP contribution in [0.5, 0.6) is 5.75 Å². The molecule has 0 radical (unpaired) electrons. The highest BCUT2D eigenvalue weighted by Gasteiger charge is 2.12. The molecule has 1 N–H and O–H groups in total. The molecule has 3 heteroatoms. The van der Waals surface area contributed by atoms with Crippen LogP contribution in [0, 0.1) is 0 Å². The first-order valence-electron chi connectivity index (χ1n) is 9.82. The third kappa shape index (κ3) is 8.37. The van der Waals surface area contributed by atoms with Crippen LogP contribution in [0.1, 0.15) is 77.0 Å². The smallest absolute Gasteiger partial charge is 0.223 e. The predicted octanol–water partition coefficient (Wildman–Crippen LogP) is 5.25. The summed E-state index contributed by atoms with van der Waals surface area (Å²) in [5.74, 6) is 0.958. The highest BCUT2D eigenvalue weighted by molar-refractivity contribution is 5.76. The van der Waals surface area contributed by atoms with Crippen molar-refractivity contribution in [2.45, 2.75) is 83.1 Å². The lowest BCUT2D eigenvalue weighted by Crippen LogP contribution is -2.35. The number of rotatable bonds is 5. The zero-order valence-corrected chi connectivity index (χ0v) is 15.0. The van der Waals surface area contributed by atoms with Gasteiger partial charge >= 0.3 is 0 Å². The Kier molecular flexibility index (Phi) is 9.36. The summed E-state index contributed by atoms with van der Waals surface area (Å²) >= 11 is 0. The lowest BCUT2D eigenvalue weighted by molar-refractivity contribution is -0.122. The largest absolute Gasteiger partial charge is 0.493 e. The van der Waals surface area contributed by atoms with E-state index < -0.39 is 0 Å². The average molecular weight is 332 g/mol. The van der Waals surface area contributed by atoms with Crippen molar-refractivity contribution in [3.63, 3.8) is 0 Å². The van der Waals surface area contributed by atoms with Crippen molar-refractivity contribution in [3.8, 4) is 5.75 Å². The van der Waals surface area contributed by atoms with Gasteiger partial charge in [-0.25, -0.2) is 0 Å². The quantitative estimate of drug-likeness (QED) is 0.800. The number of hydrogen-bond acceptors (Lipinski definition) is 2. The second-order valence-corrected chi connectivity index (χ2v) is 6.94. The normalized spacial score (nSPS) is 18.2. The third-order valence-electron chi connectivity index (χ3n) is 4.81. The monoisotopic (exact) mass is 331 g/mol. The van der Waals surface area contributed by atoms with Crippen molar-refractivity contribution in [2.75, 3.05) is 6.61 Å². The molecule has 1 aromatic rings. The van der Waals surface area contributed by atoms with Crippen LogP contribution in [0.2, 0.25) is 0 Å². The maximum atomic E-state index is 12.2. The SMILES string of the molecule is O=C(CCOc1ccccc1)NC1CCCCCCCCCCC1. The molecule has 1 aliphatic carbocycles. The van der Waals surface area contributed by atoms with Crippen LogP contribution in [0.4, 0.5) is 0 Å². The minimum absolute atomic E-state index is 0.128. The molecular weight excluding hydrogens is 298 g/mol. The molecule has 0 aromatic heterocycles. The van der Waals surface area contributed by atoms with E-state index in [4.69, 9.17) is 4.74 Å². The fourth-order valence-corrected chi connectivity index (χ4v) is 3.39. The Morgan fingerprint density at radius 1 is 0.875 bits per heavy atom. The van der Waals surface area contributed by atoms with Crippen LogP contribution < -0.4 is 10.1 Å². The number of hydrogen-bond donors (Lipinski definition) is 1. The standard InChI is InChI=1S/C21H33NO2/c23-21(17-18-24-20-15-11-8-12-16-20)22-19-13-9-6-4-2-1-3-5-7-10-14-19/h8,11-12,15-16,19H,1-7,9-10,13-14,17-18H2,(H,22,23). The number of amides is 1. The second-order valence-electron chi connectivity index (χ2n) is 6.94. The molecule has 0 saturated heterocycles. The van der Waals surface area contributed by atoms with Crippen molar-refractivity contribution < 1.29 is 9.53 Å². The van der Waals surface area contributed by atoms with E-state index in [1.54, 1.807) is 0 Å². The molecule has 3 nitrogen and oxygen atoms in total. The minimum Gasteiger partial charge on any atom is -0.493 e. The van der Waals surface area contributed by atoms with Crippen molar-refractivity contribution in [1.29, 1.82) is 0 Å². The van der Waals surface area contributed by atoms with Crippen molar-refractivity contribution in [1.82, 2.24) is 5.32 Å². The first kappa shape index (κ1) is 18.8. The molecule has 1 saturated carbocycles. The van der Waals surface area contributed by atoms with Crippen molar-refractivity contribution >= 4 is 5.91 Å². The number of ether oxygens (including phenoxy) is 1. The summed E-state index contributed by atoms with van der Waals surface area (Å²) < 4.78 is 5.62. The molecule has 134 valence electrons. The van der Waals surface area contributed by atoms with Crippen molar-refractivity contribution in [3.05, 3.63) is 30.3 Å². The van der Waals surface area contributed by atoms with E-state index >= 15 is 0 Å². The number of carbonyl (C=O) groups is 1. The Morgan fingerprint density at radius 3 is 2.00 bits per heavy atom. The lowest BCUT2D eigenvalue weighted by Gasteiger charge is -2.19. The average Bonchev–Trinajstić information content (AvgIpc) is 2.58. The maximum Gasteiger partial charge on any atom is 0.223 e. The molecule has 0 spiro atoms. The Labute approximate surface area is 147 Å². The van der Waals surface area contributed by atoms with E-state index in [1.807, 2.05) is 30.3 Å². The fraction of sp³-hybridized carbons (Fsp3) is 0.667. The van der Waals surface area contributed by atoms with Crippen LogP contribution in [0.15, 0.2) is 30.3 Å². The van der Waals surface area contributed by atoms with Gasteiger partial charge in [-0.15, -0.1) is 0 Å². The zero-order chi connectivity index (χ0) is 16.9. The molecule has 1 fully saturated rings. The topological polar surface area (TPSA) is 38.3 Å². The number of benzene rings is 1. The van der Waals surface area contributed by atoms with Crippen LogP contribution in [0.25, 0.3) is 0 Å². The Balaban J connectivity index is 1.66. The first-order valence-corrected chi connectivity index (χ1v) is 9.82. The molecule has 1 aliphatic rings. The molecule has 0 bridgehead atoms. The number of carbonyl (C=O) groups excluding carboxylic acids is 1. The van der Waals surface area contributed by atoms with Gasteiger partial charge in [0.05, 0.1) is 13.0 Å². The van der Waals surface area contributed by atoms with Gasteiger partial charge in [-0.05, 0) is 25.0 Å². The summed E-state index contributed by atoms with van der Waals surface area (Å²) in [6.07, 6.45) is 14.7. The molecule has 1 aromatic carbocycles. The Hall–Kier alpha value is -1.51. The molecule has 0 atom stereocenters. The van der Waals surface area contributed by atoms with E-state index in [0.29, 0.717) is 19.1 Å². The van der Waals surface area contributed by atoms with Crippen LogP contribution >= 0.6 is 0 Å². The van der Waals surface area contributed by atoms with E-state index in [0.717, 1.165) is 18.6 Å². The van der Waals surface area contributed by atoms with Gasteiger partial charge < -0.3 is 10.1 Å². The fourth-order valence-electron chi connectivity index (χ4n) is 3.39. The molecule has 0 unspecified atom stereocenters. The molecule has 0 aliphatic heterocycles. The van der Waals surface area contributed by atoms with E-state index in [9.17, 15) is 4.79 Å². The van der Waals surface area contributed by atoms with Gasteiger partial charge in [0.1, 0.15) is 5.75 Å². The van der Waals surface area contributed by atoms with Gasteiger partial charge in [-0.1, -0.05) is 76.0 Å². The van der Waals surface area contributed by atoms with Crippen LogP contribution in [0.3, 0.4) is 0 Å².